The molecule has 3 aromatic rings. The molecule has 30 heavy (non-hydrogen) atoms. The molecule has 7 nitrogen and oxygen atoms in total. The van der Waals surface area contributed by atoms with E-state index in [1.807, 2.05) is 6.92 Å². The van der Waals surface area contributed by atoms with Crippen LogP contribution in [0.1, 0.15) is 45.8 Å². The summed E-state index contributed by atoms with van der Waals surface area (Å²) in [5.74, 6) is -0.645. The fourth-order valence-electron chi connectivity index (χ4n) is 2.75. The first kappa shape index (κ1) is 20.7. The number of amides is 2. The topological polar surface area (TPSA) is 108 Å². The van der Waals surface area contributed by atoms with Gasteiger partial charge in [0.2, 0.25) is 0 Å². The summed E-state index contributed by atoms with van der Waals surface area (Å²) >= 11 is 0. The van der Waals surface area contributed by atoms with Crippen LogP contribution in [0.3, 0.4) is 0 Å². The molecule has 0 aliphatic rings. The molecule has 0 spiro atoms. The van der Waals surface area contributed by atoms with Gasteiger partial charge in [-0.25, -0.2) is 0 Å². The third-order valence-electron chi connectivity index (χ3n) is 4.60. The van der Waals surface area contributed by atoms with Crippen LogP contribution in [0.15, 0.2) is 61.1 Å². The second kappa shape index (κ2) is 8.53. The molecular weight excluding hydrogens is 378 g/mol. The summed E-state index contributed by atoms with van der Waals surface area (Å²) in [7, 11) is 0. The lowest BCUT2D eigenvalue weighted by molar-refractivity contribution is 0.101. The maximum absolute atomic E-state index is 12.7. The Balaban J connectivity index is 1.80. The van der Waals surface area contributed by atoms with Crippen LogP contribution in [0.25, 0.3) is 0 Å². The Bertz CT molecular complexity index is 1130. The highest BCUT2D eigenvalue weighted by atomic mass is 16.2. The van der Waals surface area contributed by atoms with Gasteiger partial charge in [0, 0.05) is 29.2 Å². The lowest BCUT2D eigenvalue weighted by Gasteiger charge is -2.15. The van der Waals surface area contributed by atoms with Gasteiger partial charge in [0.05, 0.1) is 29.1 Å². The number of hydrogen-bond donors (Lipinski definition) is 2. The van der Waals surface area contributed by atoms with Crippen LogP contribution in [0, 0.1) is 18.3 Å². The van der Waals surface area contributed by atoms with Crippen LogP contribution < -0.4 is 10.6 Å². The number of carbonyl (C=O) groups is 2. The van der Waals surface area contributed by atoms with E-state index < -0.39 is 5.41 Å². The third-order valence-corrected chi connectivity index (χ3v) is 4.60. The van der Waals surface area contributed by atoms with Crippen molar-refractivity contribution in [2.45, 2.75) is 26.2 Å². The van der Waals surface area contributed by atoms with Gasteiger partial charge in [0.1, 0.15) is 0 Å². The van der Waals surface area contributed by atoms with E-state index in [0.717, 1.165) is 5.56 Å². The molecule has 0 saturated heterocycles. The minimum absolute atomic E-state index is 0.293. The molecule has 0 aliphatic heterocycles. The Hall–Kier alpha value is -4.05. The van der Waals surface area contributed by atoms with E-state index in [2.05, 4.69) is 26.7 Å². The highest BCUT2D eigenvalue weighted by Gasteiger charge is 2.22. The minimum Gasteiger partial charge on any atom is -0.322 e. The maximum atomic E-state index is 12.7. The lowest BCUT2D eigenvalue weighted by Crippen LogP contribution is -2.19. The second-order valence-corrected chi connectivity index (χ2v) is 7.35. The van der Waals surface area contributed by atoms with Crippen molar-refractivity contribution < 1.29 is 9.59 Å². The quantitative estimate of drug-likeness (QED) is 0.672. The summed E-state index contributed by atoms with van der Waals surface area (Å²) in [6.07, 6.45) is 4.69. The molecule has 0 saturated carbocycles. The standard InChI is InChI=1S/C23H21N5O2/c1-15-6-7-17(12-19(15)22(30)28-18-5-4-9-25-13-18)27-21(29)16-8-10-26-20(11-16)23(2,3)14-24/h4-13H,1-3H3,(H,27,29)(H,28,30). The van der Waals surface area contributed by atoms with Gasteiger partial charge in [-0.2, -0.15) is 5.26 Å². The molecule has 0 bridgehead atoms. The molecule has 0 atom stereocenters. The Labute approximate surface area is 174 Å². The normalized spacial score (nSPS) is 10.7. The number of anilines is 2. The SMILES string of the molecule is Cc1ccc(NC(=O)c2ccnc(C(C)(C)C#N)c2)cc1C(=O)Nc1cccnc1. The van der Waals surface area contributed by atoms with E-state index in [4.69, 9.17) is 0 Å². The molecule has 2 amide bonds. The van der Waals surface area contributed by atoms with Crippen LogP contribution in [0.5, 0.6) is 0 Å². The number of hydrogen-bond acceptors (Lipinski definition) is 5. The molecule has 0 fully saturated rings. The molecule has 0 unspecified atom stereocenters. The van der Waals surface area contributed by atoms with Crippen LogP contribution in [-0.2, 0) is 5.41 Å². The first-order valence-corrected chi connectivity index (χ1v) is 9.31. The zero-order valence-corrected chi connectivity index (χ0v) is 16.9. The van der Waals surface area contributed by atoms with Crippen molar-refractivity contribution in [3.63, 3.8) is 0 Å². The third kappa shape index (κ3) is 4.67. The van der Waals surface area contributed by atoms with Gasteiger partial charge in [-0.1, -0.05) is 6.07 Å². The van der Waals surface area contributed by atoms with E-state index in [-0.39, 0.29) is 11.8 Å². The van der Waals surface area contributed by atoms with Crippen molar-refractivity contribution >= 4 is 23.2 Å². The van der Waals surface area contributed by atoms with E-state index in [0.29, 0.717) is 28.2 Å². The number of rotatable bonds is 5. The molecule has 2 N–H and O–H groups in total. The molecule has 2 aromatic heterocycles. The molecule has 1 aromatic carbocycles. The Morgan fingerprint density at radius 2 is 1.77 bits per heavy atom. The summed E-state index contributed by atoms with van der Waals surface area (Å²) in [6.45, 7) is 5.30. The van der Waals surface area contributed by atoms with Crippen LogP contribution in [-0.4, -0.2) is 21.8 Å². The Kier molecular flexibility index (Phi) is 5.88. The fourth-order valence-corrected chi connectivity index (χ4v) is 2.75. The molecule has 3 rings (SSSR count). The van der Waals surface area contributed by atoms with Crippen molar-refractivity contribution in [2.75, 3.05) is 10.6 Å². The highest BCUT2D eigenvalue weighted by Crippen LogP contribution is 2.22. The minimum atomic E-state index is -0.808. The van der Waals surface area contributed by atoms with Crippen molar-refractivity contribution in [1.82, 2.24) is 9.97 Å². The Morgan fingerprint density at radius 3 is 2.47 bits per heavy atom. The monoisotopic (exact) mass is 399 g/mol. The van der Waals surface area contributed by atoms with Crippen molar-refractivity contribution in [3.05, 3.63) is 83.4 Å². The molecular formula is C23H21N5O2. The first-order chi connectivity index (χ1) is 14.3. The van der Waals surface area contributed by atoms with Gasteiger partial charge in [-0.15, -0.1) is 0 Å². The smallest absolute Gasteiger partial charge is 0.256 e. The number of benzene rings is 1. The van der Waals surface area contributed by atoms with Gasteiger partial charge in [-0.3, -0.25) is 19.6 Å². The van der Waals surface area contributed by atoms with Gasteiger partial charge in [-0.05, 0) is 62.7 Å². The van der Waals surface area contributed by atoms with E-state index in [1.165, 1.54) is 6.20 Å². The van der Waals surface area contributed by atoms with Crippen LogP contribution in [0.4, 0.5) is 11.4 Å². The van der Waals surface area contributed by atoms with Crippen molar-refractivity contribution in [2.24, 2.45) is 0 Å². The van der Waals surface area contributed by atoms with Gasteiger partial charge in [0.25, 0.3) is 11.8 Å². The first-order valence-electron chi connectivity index (χ1n) is 9.31. The number of nitriles is 1. The zero-order valence-electron chi connectivity index (χ0n) is 16.9. The Morgan fingerprint density at radius 1 is 1.00 bits per heavy atom. The zero-order chi connectivity index (χ0) is 21.7. The lowest BCUT2D eigenvalue weighted by atomic mass is 9.90. The summed E-state index contributed by atoms with van der Waals surface area (Å²) in [4.78, 5) is 33.5. The average molecular weight is 399 g/mol. The number of aryl methyl sites for hydroxylation is 1. The van der Waals surface area contributed by atoms with Crippen molar-refractivity contribution in [3.8, 4) is 6.07 Å². The number of aromatic nitrogens is 2. The molecule has 0 aliphatic carbocycles. The van der Waals surface area contributed by atoms with Crippen LogP contribution in [0.2, 0.25) is 0 Å². The van der Waals surface area contributed by atoms with Gasteiger partial charge >= 0.3 is 0 Å². The second-order valence-electron chi connectivity index (χ2n) is 7.35. The van der Waals surface area contributed by atoms with Gasteiger partial charge < -0.3 is 10.6 Å². The predicted molar refractivity (Wildman–Crippen MR) is 114 cm³/mol. The molecule has 7 heteroatoms. The van der Waals surface area contributed by atoms with Crippen LogP contribution >= 0.6 is 0 Å². The summed E-state index contributed by atoms with van der Waals surface area (Å²) in [5, 5.41) is 14.9. The maximum Gasteiger partial charge on any atom is 0.256 e. The molecule has 150 valence electrons. The predicted octanol–water partition coefficient (Wildman–Crippen LogP) is 4.09. The number of nitrogens with zero attached hydrogens (tertiary/aromatic N) is 3. The van der Waals surface area contributed by atoms with E-state index >= 15 is 0 Å². The summed E-state index contributed by atoms with van der Waals surface area (Å²) < 4.78 is 0. The molecule has 0 radical (unpaired) electrons. The number of nitrogens with one attached hydrogen (secondary N) is 2. The number of carbonyl (C=O) groups excluding carboxylic acids is 2. The van der Waals surface area contributed by atoms with Gasteiger partial charge in [0.15, 0.2) is 0 Å². The summed E-state index contributed by atoms with van der Waals surface area (Å²) in [5.41, 5.74) is 2.37. The highest BCUT2D eigenvalue weighted by molar-refractivity contribution is 6.08. The number of pyridine rings is 2. The fraction of sp³-hybridized carbons (Fsp3) is 0.174. The largest absolute Gasteiger partial charge is 0.322 e. The van der Waals surface area contributed by atoms with E-state index in [1.54, 1.807) is 68.7 Å². The summed E-state index contributed by atoms with van der Waals surface area (Å²) in [6, 6.07) is 14.0. The molecule has 2 heterocycles. The van der Waals surface area contributed by atoms with E-state index in [9.17, 15) is 14.9 Å². The van der Waals surface area contributed by atoms with Crippen molar-refractivity contribution in [1.29, 1.82) is 5.26 Å². The average Bonchev–Trinajstić information content (AvgIpc) is 2.75.